The van der Waals surface area contributed by atoms with Gasteiger partial charge in [-0.15, -0.1) is 0 Å². The number of carbonyl (C=O) groups is 1. The molecule has 0 bridgehead atoms. The second-order valence-corrected chi connectivity index (χ2v) is 7.34. The fraction of sp³-hybridized carbons (Fsp3) is 0.273. The summed E-state index contributed by atoms with van der Waals surface area (Å²) in [5, 5.41) is 6.10. The van der Waals surface area contributed by atoms with Gasteiger partial charge in [0.25, 0.3) is 0 Å². The molecule has 4 rings (SSSR count). The van der Waals surface area contributed by atoms with Gasteiger partial charge in [0, 0.05) is 30.9 Å². The molecule has 0 unspecified atom stereocenters. The molecule has 1 atom stereocenters. The zero-order valence-corrected chi connectivity index (χ0v) is 16.8. The van der Waals surface area contributed by atoms with Gasteiger partial charge in [0.05, 0.1) is 0 Å². The van der Waals surface area contributed by atoms with E-state index in [1.165, 1.54) is 24.4 Å². The molecule has 7 heteroatoms. The maximum absolute atomic E-state index is 11.4. The fourth-order valence-corrected chi connectivity index (χ4v) is 3.65. The van der Waals surface area contributed by atoms with Gasteiger partial charge >= 0.3 is 0 Å². The molecule has 148 valence electrons. The molecular weight excluding hydrogens is 364 g/mol. The lowest BCUT2D eigenvalue weighted by Crippen LogP contribution is -2.39. The Bertz CT molecular complexity index is 1050. The molecule has 29 heavy (non-hydrogen) atoms. The van der Waals surface area contributed by atoms with Crippen LogP contribution in [0.2, 0.25) is 0 Å². The number of benzene rings is 2. The van der Waals surface area contributed by atoms with Gasteiger partial charge in [-0.3, -0.25) is 4.79 Å². The van der Waals surface area contributed by atoms with E-state index < -0.39 is 0 Å². The first-order chi connectivity index (χ1) is 14.0. The summed E-state index contributed by atoms with van der Waals surface area (Å²) in [7, 11) is 0. The summed E-state index contributed by atoms with van der Waals surface area (Å²) in [4.78, 5) is 27.0. The van der Waals surface area contributed by atoms with Crippen LogP contribution >= 0.6 is 0 Å². The number of nitrogens with one attached hydrogen (secondary N) is 2. The van der Waals surface area contributed by atoms with Crippen LogP contribution in [0.15, 0.2) is 48.8 Å². The van der Waals surface area contributed by atoms with Crippen molar-refractivity contribution >= 4 is 29.2 Å². The number of nitrogens with zero attached hydrogens (tertiary/aromatic N) is 4. The molecule has 0 saturated heterocycles. The Labute approximate surface area is 170 Å². The van der Waals surface area contributed by atoms with Crippen LogP contribution in [0.25, 0.3) is 0 Å². The molecule has 1 aromatic heterocycles. The van der Waals surface area contributed by atoms with Crippen LogP contribution in [0.5, 0.6) is 0 Å². The summed E-state index contributed by atoms with van der Waals surface area (Å²) < 4.78 is 0. The summed E-state index contributed by atoms with van der Waals surface area (Å²) in [5.74, 6) is 1.02. The molecule has 0 radical (unpaired) electrons. The standard InChI is InChI=1S/C22H24N6O/c1-14-11-17-7-4-5-8-18(17)12-28(14)22-24-13-23-21(27-22)26-20-10-6-9-19(15(20)2)25-16(3)29/h4-10,13-14H,11-12H2,1-3H3,(H,25,29)(H,23,24,26,27)/t14-/m0/s1. The summed E-state index contributed by atoms with van der Waals surface area (Å²) in [6.45, 7) is 6.40. The number of rotatable bonds is 4. The number of anilines is 4. The quantitative estimate of drug-likeness (QED) is 0.707. The van der Waals surface area contributed by atoms with Crippen LogP contribution in [0, 0.1) is 6.92 Å². The van der Waals surface area contributed by atoms with E-state index in [1.807, 2.05) is 25.1 Å². The summed E-state index contributed by atoms with van der Waals surface area (Å²) in [6, 6.07) is 14.5. The lowest BCUT2D eigenvalue weighted by atomic mass is 9.95. The van der Waals surface area contributed by atoms with E-state index in [4.69, 9.17) is 0 Å². The minimum absolute atomic E-state index is 0.105. The van der Waals surface area contributed by atoms with Crippen LogP contribution < -0.4 is 15.5 Å². The smallest absolute Gasteiger partial charge is 0.232 e. The SMILES string of the molecule is CC(=O)Nc1cccc(Nc2ncnc(N3Cc4ccccc4C[C@@H]3C)n2)c1C. The fourth-order valence-electron chi connectivity index (χ4n) is 3.65. The Hall–Kier alpha value is -3.48. The largest absolute Gasteiger partial charge is 0.333 e. The topological polar surface area (TPSA) is 83.0 Å². The van der Waals surface area contributed by atoms with Crippen LogP contribution in [0.3, 0.4) is 0 Å². The maximum atomic E-state index is 11.4. The molecular formula is C22H24N6O. The highest BCUT2D eigenvalue weighted by molar-refractivity contribution is 5.90. The normalized spacial score (nSPS) is 15.6. The summed E-state index contributed by atoms with van der Waals surface area (Å²) in [6.07, 6.45) is 2.49. The number of carbonyl (C=O) groups excluding carboxylic acids is 1. The molecule has 2 heterocycles. The highest BCUT2D eigenvalue weighted by atomic mass is 16.1. The van der Waals surface area contributed by atoms with Crippen molar-refractivity contribution in [1.82, 2.24) is 15.0 Å². The average molecular weight is 388 g/mol. The third-order valence-corrected chi connectivity index (χ3v) is 5.21. The van der Waals surface area contributed by atoms with Gasteiger partial charge in [-0.1, -0.05) is 30.3 Å². The molecule has 3 aromatic rings. The Morgan fingerprint density at radius 3 is 2.62 bits per heavy atom. The molecule has 0 spiro atoms. The Morgan fingerprint density at radius 2 is 1.83 bits per heavy atom. The number of fused-ring (bicyclic) bond motifs is 1. The van der Waals surface area contributed by atoms with Crippen LogP contribution in [0.1, 0.15) is 30.5 Å². The molecule has 0 fully saturated rings. The van der Waals surface area contributed by atoms with E-state index >= 15 is 0 Å². The van der Waals surface area contributed by atoms with E-state index in [2.05, 4.69) is 61.7 Å². The van der Waals surface area contributed by atoms with E-state index in [0.717, 1.165) is 29.9 Å². The predicted octanol–water partition coefficient (Wildman–Crippen LogP) is 3.83. The third kappa shape index (κ3) is 4.03. The first-order valence-electron chi connectivity index (χ1n) is 9.68. The maximum Gasteiger partial charge on any atom is 0.232 e. The van der Waals surface area contributed by atoms with Gasteiger partial charge in [0.1, 0.15) is 6.33 Å². The van der Waals surface area contributed by atoms with Crippen molar-refractivity contribution in [2.45, 2.75) is 39.8 Å². The highest BCUT2D eigenvalue weighted by Gasteiger charge is 2.25. The highest BCUT2D eigenvalue weighted by Crippen LogP contribution is 2.28. The minimum atomic E-state index is -0.105. The van der Waals surface area contributed by atoms with Crippen LogP contribution in [0.4, 0.5) is 23.3 Å². The Kier molecular flexibility index (Phi) is 5.12. The molecule has 1 aliphatic rings. The molecule has 1 amide bonds. The second-order valence-electron chi connectivity index (χ2n) is 7.34. The first kappa shape index (κ1) is 18.9. The minimum Gasteiger partial charge on any atom is -0.333 e. The second kappa shape index (κ2) is 7.87. The van der Waals surface area contributed by atoms with Gasteiger partial charge in [0.2, 0.25) is 17.8 Å². The first-order valence-corrected chi connectivity index (χ1v) is 9.68. The van der Waals surface area contributed by atoms with Crippen molar-refractivity contribution < 1.29 is 4.79 Å². The monoisotopic (exact) mass is 388 g/mol. The van der Waals surface area contributed by atoms with Gasteiger partial charge in [-0.2, -0.15) is 4.98 Å². The molecule has 7 nitrogen and oxygen atoms in total. The van der Waals surface area contributed by atoms with Gasteiger partial charge in [-0.05, 0) is 49.1 Å². The van der Waals surface area contributed by atoms with E-state index in [-0.39, 0.29) is 5.91 Å². The number of aromatic nitrogens is 3. The van der Waals surface area contributed by atoms with Crippen molar-refractivity contribution in [3.63, 3.8) is 0 Å². The van der Waals surface area contributed by atoms with Gasteiger partial charge in [0.15, 0.2) is 0 Å². The zero-order chi connectivity index (χ0) is 20.4. The third-order valence-electron chi connectivity index (χ3n) is 5.21. The van der Waals surface area contributed by atoms with Crippen LogP contribution in [-0.4, -0.2) is 26.9 Å². The molecule has 2 aromatic carbocycles. The predicted molar refractivity (Wildman–Crippen MR) is 114 cm³/mol. The van der Waals surface area contributed by atoms with Gasteiger partial charge < -0.3 is 15.5 Å². The van der Waals surface area contributed by atoms with E-state index in [0.29, 0.717) is 17.9 Å². The number of amides is 1. The Balaban J connectivity index is 1.58. The van der Waals surface area contributed by atoms with Crippen molar-refractivity contribution in [1.29, 1.82) is 0 Å². The van der Waals surface area contributed by atoms with Crippen molar-refractivity contribution in [2.75, 3.05) is 15.5 Å². The Morgan fingerprint density at radius 1 is 1.07 bits per heavy atom. The number of hydrogen-bond donors (Lipinski definition) is 2. The lowest BCUT2D eigenvalue weighted by Gasteiger charge is -2.34. The molecule has 2 N–H and O–H groups in total. The van der Waals surface area contributed by atoms with Crippen molar-refractivity contribution in [3.05, 3.63) is 65.5 Å². The zero-order valence-electron chi connectivity index (χ0n) is 16.8. The summed E-state index contributed by atoms with van der Waals surface area (Å²) >= 11 is 0. The molecule has 0 aliphatic carbocycles. The van der Waals surface area contributed by atoms with Crippen LogP contribution in [-0.2, 0) is 17.8 Å². The van der Waals surface area contributed by atoms with Crippen molar-refractivity contribution in [2.24, 2.45) is 0 Å². The molecule has 1 aliphatic heterocycles. The van der Waals surface area contributed by atoms with Gasteiger partial charge in [-0.25, -0.2) is 9.97 Å². The summed E-state index contributed by atoms with van der Waals surface area (Å²) in [5.41, 5.74) is 5.21. The number of hydrogen-bond acceptors (Lipinski definition) is 6. The van der Waals surface area contributed by atoms with E-state index in [9.17, 15) is 4.79 Å². The average Bonchev–Trinajstić information content (AvgIpc) is 2.70. The lowest BCUT2D eigenvalue weighted by molar-refractivity contribution is -0.114. The van der Waals surface area contributed by atoms with E-state index in [1.54, 1.807) is 0 Å². The van der Waals surface area contributed by atoms with Crippen molar-refractivity contribution in [3.8, 4) is 0 Å². The molecule has 0 saturated carbocycles.